The smallest absolute Gasteiger partial charge is 0.286 e. The Hall–Kier alpha value is 0.0249. The molecule has 9 heavy (non-hydrogen) atoms. The number of rotatable bonds is 5. The lowest BCUT2D eigenvalue weighted by Gasteiger charge is -2.02. The second kappa shape index (κ2) is 6.15. The zero-order valence-corrected chi connectivity index (χ0v) is 6.81. The summed E-state index contributed by atoms with van der Waals surface area (Å²) in [6.07, 6.45) is 3.79. The minimum absolute atomic E-state index is 0.404. The van der Waals surface area contributed by atoms with Crippen LogP contribution in [0.5, 0.6) is 0 Å². The van der Waals surface area contributed by atoms with Crippen molar-refractivity contribution in [1.82, 2.24) is 0 Å². The normalized spacial score (nSPS) is 9.67. The van der Waals surface area contributed by atoms with Crippen LogP contribution in [-0.4, -0.2) is 13.5 Å². The van der Waals surface area contributed by atoms with Gasteiger partial charge in [-0.1, -0.05) is 33.4 Å². The minimum atomic E-state index is 0.404. The first-order valence-corrected chi connectivity index (χ1v) is 3.89. The van der Waals surface area contributed by atoms with E-state index in [-0.39, 0.29) is 0 Å². The molecule has 0 aliphatic carbocycles. The zero-order chi connectivity index (χ0) is 7.11. The van der Waals surface area contributed by atoms with Gasteiger partial charge in [0.1, 0.15) is 0 Å². The highest BCUT2D eigenvalue weighted by Crippen LogP contribution is 1.95. The summed E-state index contributed by atoms with van der Waals surface area (Å²) in [6.45, 7) is 7.69. The van der Waals surface area contributed by atoms with Crippen LogP contribution in [0, 0.1) is 0 Å². The molecule has 0 aromatic heterocycles. The molecule has 0 bridgehead atoms. The molecule has 0 radical (unpaired) electrons. The van der Waals surface area contributed by atoms with Crippen molar-refractivity contribution in [3.63, 3.8) is 0 Å². The van der Waals surface area contributed by atoms with Crippen molar-refractivity contribution in [2.24, 2.45) is 0 Å². The molecule has 0 aliphatic heterocycles. The molecule has 0 saturated heterocycles. The van der Waals surface area contributed by atoms with E-state index < -0.39 is 0 Å². The van der Waals surface area contributed by atoms with Gasteiger partial charge in [-0.15, -0.1) is 0 Å². The molecule has 0 aromatic carbocycles. The highest BCUT2D eigenvalue weighted by Gasteiger charge is 1.96. The van der Waals surface area contributed by atoms with E-state index >= 15 is 0 Å². The maximum atomic E-state index is 5.34. The van der Waals surface area contributed by atoms with Gasteiger partial charge in [-0.2, -0.15) is 0 Å². The van der Waals surface area contributed by atoms with Gasteiger partial charge in [-0.05, 0) is 6.42 Å². The van der Waals surface area contributed by atoms with E-state index in [1.165, 1.54) is 19.3 Å². The average Bonchev–Trinajstić information content (AvgIpc) is 1.80. The highest BCUT2D eigenvalue weighted by atomic mass is 16.4. The molecule has 0 rings (SSSR count). The van der Waals surface area contributed by atoms with Crippen LogP contribution in [0.25, 0.3) is 0 Å². The molecule has 0 atom stereocenters. The van der Waals surface area contributed by atoms with Gasteiger partial charge in [-0.25, -0.2) is 0 Å². The Bertz CT molecular complexity index is 54.9. The molecule has 0 aromatic rings. The Morgan fingerprint density at radius 2 is 1.89 bits per heavy atom. The third-order valence-corrected chi connectivity index (χ3v) is 1.20. The summed E-state index contributed by atoms with van der Waals surface area (Å²) < 4.78 is 5.34. The molecule has 0 N–H and O–H groups in total. The fraction of sp³-hybridized carbons (Fsp3) is 1.00. The van der Waals surface area contributed by atoms with Crippen molar-refractivity contribution in [2.45, 2.75) is 39.8 Å². The fourth-order valence-electron chi connectivity index (χ4n) is 0.671. The van der Waals surface area contributed by atoms with Gasteiger partial charge in [0.15, 0.2) is 0 Å². The van der Waals surface area contributed by atoms with Crippen LogP contribution in [-0.2, 0) is 4.65 Å². The highest BCUT2D eigenvalue weighted by molar-refractivity contribution is 6.48. The van der Waals surface area contributed by atoms with E-state index in [0.29, 0.717) is 6.92 Å². The topological polar surface area (TPSA) is 9.23 Å². The summed E-state index contributed by atoms with van der Waals surface area (Å²) in [7, 11) is 0. The third kappa shape index (κ3) is 8.02. The number of hydrogen-bond acceptors (Lipinski definition) is 1. The molecule has 0 spiro atoms. The van der Waals surface area contributed by atoms with Crippen molar-refractivity contribution in [3.05, 3.63) is 0 Å². The van der Waals surface area contributed by atoms with Crippen LogP contribution in [0.1, 0.15) is 26.2 Å². The lowest BCUT2D eigenvalue weighted by molar-refractivity contribution is 0.314. The van der Waals surface area contributed by atoms with Crippen molar-refractivity contribution in [1.29, 1.82) is 0 Å². The maximum absolute atomic E-state index is 5.34. The summed E-state index contributed by atoms with van der Waals surface area (Å²) in [4.78, 5) is 0. The quantitative estimate of drug-likeness (QED) is 0.408. The first kappa shape index (κ1) is 9.02. The van der Waals surface area contributed by atoms with E-state index in [9.17, 15) is 0 Å². The predicted molar refractivity (Wildman–Crippen MR) is 43.0 cm³/mol. The molecule has 2 heteroatoms. The Kier molecular flexibility index (Phi) is 6.17. The standard InChI is InChI=1S/C7H17BO/c1-4-5-6-7-9-8(2)3/h4-7H2,1-3H3. The number of hydrogen-bond donors (Lipinski definition) is 0. The molecule has 54 valence electrons. The van der Waals surface area contributed by atoms with Crippen molar-refractivity contribution < 1.29 is 4.65 Å². The van der Waals surface area contributed by atoms with E-state index in [1.807, 2.05) is 0 Å². The predicted octanol–water partition coefficient (Wildman–Crippen LogP) is 2.44. The number of unbranched alkanes of at least 4 members (excludes halogenated alkanes) is 2. The molecule has 0 fully saturated rings. The second-order valence-electron chi connectivity index (χ2n) is 2.63. The zero-order valence-electron chi connectivity index (χ0n) is 6.81. The van der Waals surface area contributed by atoms with Gasteiger partial charge in [-0.3, -0.25) is 0 Å². The lowest BCUT2D eigenvalue weighted by Crippen LogP contribution is -2.08. The molecule has 0 saturated carbocycles. The van der Waals surface area contributed by atoms with Crippen LogP contribution in [0.15, 0.2) is 0 Å². The summed E-state index contributed by atoms with van der Waals surface area (Å²) in [5.74, 6) is 0. The van der Waals surface area contributed by atoms with Crippen LogP contribution in [0.3, 0.4) is 0 Å². The fourth-order valence-corrected chi connectivity index (χ4v) is 0.671. The minimum Gasteiger partial charge on any atom is -0.436 e. The molecule has 0 amide bonds. The summed E-state index contributed by atoms with van der Waals surface area (Å²) in [6, 6.07) is 0. The van der Waals surface area contributed by atoms with Gasteiger partial charge in [0.2, 0.25) is 0 Å². The summed E-state index contributed by atoms with van der Waals surface area (Å²) >= 11 is 0. The van der Waals surface area contributed by atoms with E-state index in [4.69, 9.17) is 4.65 Å². The Balaban J connectivity index is 2.75. The van der Waals surface area contributed by atoms with Crippen LogP contribution in [0.2, 0.25) is 13.6 Å². The maximum Gasteiger partial charge on any atom is 0.286 e. The van der Waals surface area contributed by atoms with Crippen LogP contribution in [0.4, 0.5) is 0 Å². The summed E-state index contributed by atoms with van der Waals surface area (Å²) in [5, 5.41) is 0. The lowest BCUT2D eigenvalue weighted by atomic mass is 9.75. The molecule has 0 aliphatic rings. The van der Waals surface area contributed by atoms with E-state index in [0.717, 1.165) is 6.61 Å². The molecule has 1 nitrogen and oxygen atoms in total. The molecule has 0 heterocycles. The van der Waals surface area contributed by atoms with Gasteiger partial charge in [0.25, 0.3) is 6.92 Å². The van der Waals surface area contributed by atoms with Crippen molar-refractivity contribution in [2.75, 3.05) is 6.61 Å². The largest absolute Gasteiger partial charge is 0.436 e. The first-order valence-electron chi connectivity index (χ1n) is 3.89. The van der Waals surface area contributed by atoms with Crippen molar-refractivity contribution >= 4 is 6.92 Å². The van der Waals surface area contributed by atoms with Gasteiger partial charge in [0, 0.05) is 6.61 Å². The molecular formula is C7H17BO. The van der Waals surface area contributed by atoms with E-state index in [1.54, 1.807) is 0 Å². The molecular weight excluding hydrogens is 111 g/mol. The average molecular weight is 128 g/mol. The van der Waals surface area contributed by atoms with E-state index in [2.05, 4.69) is 20.6 Å². The third-order valence-electron chi connectivity index (χ3n) is 1.20. The first-order chi connectivity index (χ1) is 4.27. The Morgan fingerprint density at radius 1 is 1.22 bits per heavy atom. The van der Waals surface area contributed by atoms with Gasteiger partial charge in [0.05, 0.1) is 0 Å². The summed E-state index contributed by atoms with van der Waals surface area (Å²) in [5.41, 5.74) is 0. The van der Waals surface area contributed by atoms with Gasteiger partial charge < -0.3 is 4.65 Å². The Morgan fingerprint density at radius 3 is 2.33 bits per heavy atom. The second-order valence-corrected chi connectivity index (χ2v) is 2.63. The van der Waals surface area contributed by atoms with Crippen molar-refractivity contribution in [3.8, 4) is 0 Å². The monoisotopic (exact) mass is 128 g/mol. The van der Waals surface area contributed by atoms with Crippen LogP contribution >= 0.6 is 0 Å². The van der Waals surface area contributed by atoms with Gasteiger partial charge >= 0.3 is 0 Å². The Labute approximate surface area is 58.9 Å². The van der Waals surface area contributed by atoms with Crippen LogP contribution < -0.4 is 0 Å². The molecule has 0 unspecified atom stereocenters. The SMILES string of the molecule is CCCCCOB(C)C.